The van der Waals surface area contributed by atoms with E-state index in [1.165, 1.54) is 5.69 Å². The first-order valence-corrected chi connectivity index (χ1v) is 9.82. The van der Waals surface area contributed by atoms with Crippen LogP contribution in [0.5, 0.6) is 0 Å². The Hall–Kier alpha value is -1.67. The van der Waals surface area contributed by atoms with Crippen LogP contribution in [0.2, 0.25) is 0 Å². The third-order valence-electron chi connectivity index (χ3n) is 5.32. The first-order chi connectivity index (χ1) is 13.3. The first kappa shape index (κ1) is 23.6. The Morgan fingerprint density at radius 1 is 1.24 bits per heavy atom. The third kappa shape index (κ3) is 6.40. The van der Waals surface area contributed by atoms with Gasteiger partial charge in [0.05, 0.1) is 30.6 Å². The summed E-state index contributed by atoms with van der Waals surface area (Å²) in [7, 11) is 0. The smallest absolute Gasteiger partial charge is 0.222 e. The molecule has 0 spiro atoms. The number of nitrogens with zero attached hydrogens (tertiary/aromatic N) is 4. The number of nitrogens with one attached hydrogen (secondary N) is 1. The van der Waals surface area contributed by atoms with Crippen molar-refractivity contribution in [1.29, 1.82) is 0 Å². The summed E-state index contributed by atoms with van der Waals surface area (Å²) < 4.78 is 8.03. The molecule has 4 heterocycles. The second-order valence-electron chi connectivity index (χ2n) is 7.28. The number of hydrogen-bond donors (Lipinski definition) is 1. The summed E-state index contributed by atoms with van der Waals surface area (Å²) in [5, 5.41) is 7.96. The lowest BCUT2D eigenvalue weighted by Crippen LogP contribution is -2.41. The van der Waals surface area contributed by atoms with Crippen molar-refractivity contribution < 1.29 is 9.53 Å². The summed E-state index contributed by atoms with van der Waals surface area (Å²) in [5.74, 6) is 0.227. The monoisotopic (exact) mass is 441 g/mol. The highest BCUT2D eigenvalue weighted by molar-refractivity contribution is 5.85. The molecule has 2 aliphatic heterocycles. The minimum atomic E-state index is 0. The average Bonchev–Trinajstić information content (AvgIpc) is 3.15. The van der Waals surface area contributed by atoms with Gasteiger partial charge in [-0.15, -0.1) is 24.8 Å². The largest absolute Gasteiger partial charge is 0.373 e. The molecule has 1 N–H and O–H groups in total. The number of piperidine rings is 1. The van der Waals surface area contributed by atoms with E-state index in [1.54, 1.807) is 6.20 Å². The van der Waals surface area contributed by atoms with E-state index in [4.69, 9.17) is 4.74 Å². The summed E-state index contributed by atoms with van der Waals surface area (Å²) in [6.45, 7) is 4.89. The first-order valence-electron chi connectivity index (χ1n) is 9.82. The zero-order chi connectivity index (χ0) is 18.5. The highest BCUT2D eigenvalue weighted by atomic mass is 35.5. The third-order valence-corrected chi connectivity index (χ3v) is 5.32. The SMILES string of the molecule is Cl.Cl.O=C(CCc1cc2n(n1)CCNC2)N1CCC(OCc2cccnc2)CC1. The molecule has 0 saturated carbocycles. The number of aryl methyl sites for hydroxylation is 1. The number of fused-ring (bicyclic) bond motifs is 1. The van der Waals surface area contributed by atoms with Gasteiger partial charge in [-0.1, -0.05) is 6.07 Å². The number of hydrogen-bond acceptors (Lipinski definition) is 5. The lowest BCUT2D eigenvalue weighted by molar-refractivity contribution is -0.134. The molecule has 0 bridgehead atoms. The Bertz CT molecular complexity index is 740. The lowest BCUT2D eigenvalue weighted by Gasteiger charge is -2.32. The Labute approximate surface area is 184 Å². The van der Waals surface area contributed by atoms with Gasteiger partial charge in [0.1, 0.15) is 0 Å². The van der Waals surface area contributed by atoms with Crippen molar-refractivity contribution in [2.75, 3.05) is 19.6 Å². The number of aromatic nitrogens is 3. The molecule has 0 atom stereocenters. The predicted octanol–water partition coefficient (Wildman–Crippen LogP) is 2.37. The van der Waals surface area contributed by atoms with Gasteiger partial charge in [-0.25, -0.2) is 0 Å². The molecule has 9 heteroatoms. The van der Waals surface area contributed by atoms with E-state index in [0.717, 1.165) is 63.2 Å². The van der Waals surface area contributed by atoms with E-state index in [-0.39, 0.29) is 36.8 Å². The van der Waals surface area contributed by atoms with Crippen LogP contribution in [0.3, 0.4) is 0 Å². The maximum atomic E-state index is 12.5. The molecule has 7 nitrogen and oxygen atoms in total. The summed E-state index contributed by atoms with van der Waals surface area (Å²) in [4.78, 5) is 18.6. The molecule has 2 aromatic heterocycles. The molecule has 0 aliphatic carbocycles. The van der Waals surface area contributed by atoms with Gasteiger partial charge in [-0.2, -0.15) is 5.10 Å². The fourth-order valence-electron chi connectivity index (χ4n) is 3.74. The van der Waals surface area contributed by atoms with Crippen LogP contribution < -0.4 is 5.32 Å². The Kier molecular flexibility index (Phi) is 9.36. The molecule has 29 heavy (non-hydrogen) atoms. The number of likely N-dealkylation sites (tertiary alicyclic amines) is 1. The zero-order valence-electron chi connectivity index (χ0n) is 16.5. The van der Waals surface area contributed by atoms with Gasteiger partial charge in [-0.3, -0.25) is 14.5 Å². The van der Waals surface area contributed by atoms with Gasteiger partial charge in [0.25, 0.3) is 0 Å². The van der Waals surface area contributed by atoms with Crippen molar-refractivity contribution in [1.82, 2.24) is 25.0 Å². The highest BCUT2D eigenvalue weighted by Gasteiger charge is 2.23. The minimum absolute atomic E-state index is 0. The molecule has 1 fully saturated rings. The quantitative estimate of drug-likeness (QED) is 0.744. The number of rotatable bonds is 6. The number of amides is 1. The second kappa shape index (κ2) is 11.5. The number of pyridine rings is 1. The molecule has 0 aromatic carbocycles. The van der Waals surface area contributed by atoms with Crippen molar-refractivity contribution in [2.45, 2.75) is 51.5 Å². The molecule has 4 rings (SSSR count). The normalized spacial score (nSPS) is 16.5. The number of halogens is 2. The van der Waals surface area contributed by atoms with Crippen LogP contribution in [0, 0.1) is 0 Å². The molecule has 0 unspecified atom stereocenters. The van der Waals surface area contributed by atoms with Gasteiger partial charge in [-0.05, 0) is 30.5 Å². The molecular weight excluding hydrogens is 413 g/mol. The van der Waals surface area contributed by atoms with Crippen molar-refractivity contribution >= 4 is 30.7 Å². The molecule has 160 valence electrons. The van der Waals surface area contributed by atoms with Crippen LogP contribution in [-0.2, 0) is 35.6 Å². The maximum Gasteiger partial charge on any atom is 0.222 e. The van der Waals surface area contributed by atoms with Crippen LogP contribution in [0.1, 0.15) is 36.2 Å². The fourth-order valence-corrected chi connectivity index (χ4v) is 3.74. The van der Waals surface area contributed by atoms with Gasteiger partial charge >= 0.3 is 0 Å². The number of carbonyl (C=O) groups excluding carboxylic acids is 1. The van der Waals surface area contributed by atoms with Crippen LogP contribution in [0.15, 0.2) is 30.6 Å². The zero-order valence-corrected chi connectivity index (χ0v) is 18.1. The highest BCUT2D eigenvalue weighted by Crippen LogP contribution is 2.17. The van der Waals surface area contributed by atoms with Crippen LogP contribution in [0.25, 0.3) is 0 Å². The topological polar surface area (TPSA) is 72.3 Å². The standard InChI is InChI=1S/C20H27N5O2.2ClH/c26-20(4-3-17-12-18-14-22-8-11-25(18)23-17)24-9-5-19(6-10-24)27-15-16-2-1-7-21-13-16;;/h1-2,7,12-13,19,22H,3-6,8-11,14-15H2;2*1H. The average molecular weight is 442 g/mol. The predicted molar refractivity (Wildman–Crippen MR) is 115 cm³/mol. The Morgan fingerprint density at radius 3 is 2.79 bits per heavy atom. The maximum absolute atomic E-state index is 12.5. The van der Waals surface area contributed by atoms with E-state index in [1.807, 2.05) is 23.2 Å². The lowest BCUT2D eigenvalue weighted by atomic mass is 10.1. The summed E-state index contributed by atoms with van der Waals surface area (Å²) in [6.07, 6.45) is 6.88. The molecule has 0 radical (unpaired) electrons. The van der Waals surface area contributed by atoms with E-state index in [0.29, 0.717) is 13.0 Å². The van der Waals surface area contributed by atoms with Gasteiger partial charge < -0.3 is 15.0 Å². The molecular formula is C20H29Cl2N5O2. The summed E-state index contributed by atoms with van der Waals surface area (Å²) in [5.41, 5.74) is 3.33. The second-order valence-corrected chi connectivity index (χ2v) is 7.28. The van der Waals surface area contributed by atoms with Crippen LogP contribution >= 0.6 is 24.8 Å². The summed E-state index contributed by atoms with van der Waals surface area (Å²) in [6, 6.07) is 6.07. The Morgan fingerprint density at radius 2 is 2.07 bits per heavy atom. The van der Waals surface area contributed by atoms with E-state index < -0.39 is 0 Å². The minimum Gasteiger partial charge on any atom is -0.373 e. The van der Waals surface area contributed by atoms with E-state index in [2.05, 4.69) is 26.1 Å². The van der Waals surface area contributed by atoms with Gasteiger partial charge in [0.2, 0.25) is 5.91 Å². The van der Waals surface area contributed by atoms with Crippen molar-refractivity contribution in [2.24, 2.45) is 0 Å². The van der Waals surface area contributed by atoms with Crippen molar-refractivity contribution in [3.05, 3.63) is 47.5 Å². The van der Waals surface area contributed by atoms with E-state index in [9.17, 15) is 4.79 Å². The Balaban J connectivity index is 0.00000150. The van der Waals surface area contributed by atoms with Gasteiger partial charge in [0, 0.05) is 51.4 Å². The van der Waals surface area contributed by atoms with E-state index >= 15 is 0 Å². The van der Waals surface area contributed by atoms with Gasteiger partial charge in [0.15, 0.2) is 0 Å². The molecule has 2 aromatic rings. The number of ether oxygens (including phenoxy) is 1. The van der Waals surface area contributed by atoms with Crippen LogP contribution in [0.4, 0.5) is 0 Å². The molecule has 1 amide bonds. The molecule has 2 aliphatic rings. The van der Waals surface area contributed by atoms with Crippen LogP contribution in [-0.4, -0.2) is 51.3 Å². The fraction of sp³-hybridized carbons (Fsp3) is 0.550. The molecule has 1 saturated heterocycles. The summed E-state index contributed by atoms with van der Waals surface area (Å²) >= 11 is 0. The van der Waals surface area contributed by atoms with Crippen molar-refractivity contribution in [3.8, 4) is 0 Å². The van der Waals surface area contributed by atoms with Crippen molar-refractivity contribution in [3.63, 3.8) is 0 Å². The number of carbonyl (C=O) groups is 1.